The van der Waals surface area contributed by atoms with E-state index in [9.17, 15) is 9.90 Å². The van der Waals surface area contributed by atoms with E-state index in [1.165, 1.54) is 0 Å². The van der Waals surface area contributed by atoms with Crippen LogP contribution in [0.5, 0.6) is 5.75 Å². The van der Waals surface area contributed by atoms with Crippen LogP contribution in [-0.4, -0.2) is 34.0 Å². The van der Waals surface area contributed by atoms with E-state index in [2.05, 4.69) is 0 Å². The van der Waals surface area contributed by atoms with Gasteiger partial charge in [0.05, 0.1) is 11.4 Å². The van der Waals surface area contributed by atoms with Crippen LogP contribution in [-0.2, 0) is 11.2 Å². The van der Waals surface area contributed by atoms with Gasteiger partial charge in [-0.25, -0.2) is 0 Å². The van der Waals surface area contributed by atoms with Gasteiger partial charge in [0.25, 0.3) is 0 Å². The Balaban J connectivity index is 2.65. The molecule has 0 fully saturated rings. The van der Waals surface area contributed by atoms with Gasteiger partial charge in [0.1, 0.15) is 5.75 Å². The van der Waals surface area contributed by atoms with E-state index in [4.69, 9.17) is 18.0 Å². The van der Waals surface area contributed by atoms with Gasteiger partial charge in [0.2, 0.25) is 5.91 Å². The molecule has 1 atom stereocenters. The second kappa shape index (κ2) is 6.35. The Labute approximate surface area is 112 Å². The molecular formula is C13H18N2O2S. The van der Waals surface area contributed by atoms with Crippen LogP contribution in [0.15, 0.2) is 24.3 Å². The molecule has 3 N–H and O–H groups in total. The molecule has 5 heteroatoms. The number of carbonyl (C=O) groups excluding carboxylic acids is 1. The summed E-state index contributed by atoms with van der Waals surface area (Å²) in [7, 11) is 1.71. The Morgan fingerprint density at radius 2 is 2.11 bits per heavy atom. The monoisotopic (exact) mass is 266 g/mol. The SMILES string of the molecule is CC(CC(N)=S)N(C)C(=O)Cc1ccccc1O. The van der Waals surface area contributed by atoms with E-state index in [1.54, 1.807) is 36.2 Å². The highest BCUT2D eigenvalue weighted by atomic mass is 32.1. The molecule has 0 aliphatic carbocycles. The van der Waals surface area contributed by atoms with Crippen molar-refractivity contribution in [1.29, 1.82) is 0 Å². The van der Waals surface area contributed by atoms with Crippen molar-refractivity contribution in [2.24, 2.45) is 5.73 Å². The number of aromatic hydroxyl groups is 1. The lowest BCUT2D eigenvalue weighted by molar-refractivity contribution is -0.130. The van der Waals surface area contributed by atoms with Crippen molar-refractivity contribution in [2.45, 2.75) is 25.8 Å². The Morgan fingerprint density at radius 3 is 2.67 bits per heavy atom. The van der Waals surface area contributed by atoms with Crippen LogP contribution in [0.2, 0.25) is 0 Å². The maximum absolute atomic E-state index is 12.0. The molecule has 0 spiro atoms. The predicted molar refractivity (Wildman–Crippen MR) is 75.4 cm³/mol. The number of para-hydroxylation sites is 1. The quantitative estimate of drug-likeness (QED) is 0.792. The third kappa shape index (κ3) is 4.00. The summed E-state index contributed by atoms with van der Waals surface area (Å²) in [5.41, 5.74) is 6.08. The number of nitrogens with two attached hydrogens (primary N) is 1. The van der Waals surface area contributed by atoms with Crippen LogP contribution < -0.4 is 5.73 Å². The molecule has 1 unspecified atom stereocenters. The van der Waals surface area contributed by atoms with E-state index in [0.29, 0.717) is 17.0 Å². The first-order chi connectivity index (χ1) is 8.41. The zero-order valence-corrected chi connectivity index (χ0v) is 11.4. The van der Waals surface area contributed by atoms with Crippen molar-refractivity contribution in [2.75, 3.05) is 7.05 Å². The summed E-state index contributed by atoms with van der Waals surface area (Å²) >= 11 is 4.83. The zero-order chi connectivity index (χ0) is 13.7. The summed E-state index contributed by atoms with van der Waals surface area (Å²) in [4.78, 5) is 14.0. The lowest BCUT2D eigenvalue weighted by Gasteiger charge is -2.24. The molecule has 1 aromatic carbocycles. The van der Waals surface area contributed by atoms with E-state index >= 15 is 0 Å². The van der Waals surface area contributed by atoms with Gasteiger partial charge in [-0.05, 0) is 13.0 Å². The smallest absolute Gasteiger partial charge is 0.227 e. The van der Waals surface area contributed by atoms with E-state index in [1.807, 2.05) is 6.92 Å². The van der Waals surface area contributed by atoms with E-state index in [-0.39, 0.29) is 24.1 Å². The molecule has 0 saturated carbocycles. The van der Waals surface area contributed by atoms with Gasteiger partial charge in [0.15, 0.2) is 0 Å². The molecular weight excluding hydrogens is 248 g/mol. The van der Waals surface area contributed by atoms with Crippen LogP contribution in [0.4, 0.5) is 0 Å². The molecule has 0 radical (unpaired) electrons. The van der Waals surface area contributed by atoms with Crippen molar-refractivity contribution in [3.05, 3.63) is 29.8 Å². The molecule has 0 saturated heterocycles. The van der Waals surface area contributed by atoms with Gasteiger partial charge < -0.3 is 15.7 Å². The van der Waals surface area contributed by atoms with E-state index in [0.717, 1.165) is 0 Å². The molecule has 0 aromatic heterocycles. The number of hydrogen-bond acceptors (Lipinski definition) is 3. The lowest BCUT2D eigenvalue weighted by Crippen LogP contribution is -2.38. The van der Waals surface area contributed by atoms with Gasteiger partial charge >= 0.3 is 0 Å². The number of phenolic OH excluding ortho intramolecular Hbond substituents is 1. The van der Waals surface area contributed by atoms with Crippen molar-refractivity contribution < 1.29 is 9.90 Å². The minimum absolute atomic E-state index is 0.0409. The van der Waals surface area contributed by atoms with Gasteiger partial charge in [-0.15, -0.1) is 0 Å². The number of likely N-dealkylation sites (N-methyl/N-ethyl adjacent to an activating group) is 1. The lowest BCUT2D eigenvalue weighted by atomic mass is 10.1. The second-order valence-corrected chi connectivity index (χ2v) is 4.85. The van der Waals surface area contributed by atoms with Gasteiger partial charge in [-0.3, -0.25) is 4.79 Å². The van der Waals surface area contributed by atoms with Crippen LogP contribution in [0.25, 0.3) is 0 Å². The fourth-order valence-electron chi connectivity index (χ4n) is 1.62. The molecule has 0 heterocycles. The summed E-state index contributed by atoms with van der Waals surface area (Å²) < 4.78 is 0. The van der Waals surface area contributed by atoms with Crippen molar-refractivity contribution >= 4 is 23.1 Å². The van der Waals surface area contributed by atoms with Gasteiger partial charge in [-0.2, -0.15) is 0 Å². The topological polar surface area (TPSA) is 66.6 Å². The number of nitrogens with zero attached hydrogens (tertiary/aromatic N) is 1. The predicted octanol–water partition coefficient (Wildman–Crippen LogP) is 1.46. The number of hydrogen-bond donors (Lipinski definition) is 2. The number of phenols is 1. The van der Waals surface area contributed by atoms with Crippen molar-refractivity contribution in [3.63, 3.8) is 0 Å². The molecule has 1 aromatic rings. The zero-order valence-electron chi connectivity index (χ0n) is 10.6. The van der Waals surface area contributed by atoms with Gasteiger partial charge in [0, 0.05) is 25.1 Å². The first kappa shape index (κ1) is 14.4. The molecule has 0 bridgehead atoms. The fourth-order valence-corrected chi connectivity index (χ4v) is 1.86. The highest BCUT2D eigenvalue weighted by molar-refractivity contribution is 7.80. The maximum Gasteiger partial charge on any atom is 0.227 e. The normalized spacial score (nSPS) is 11.9. The highest BCUT2D eigenvalue weighted by Gasteiger charge is 2.17. The number of amides is 1. The third-order valence-electron chi connectivity index (χ3n) is 2.88. The van der Waals surface area contributed by atoms with E-state index < -0.39 is 0 Å². The maximum atomic E-state index is 12.0. The molecule has 98 valence electrons. The molecule has 4 nitrogen and oxygen atoms in total. The van der Waals surface area contributed by atoms with Crippen molar-refractivity contribution in [1.82, 2.24) is 4.90 Å². The second-order valence-electron chi connectivity index (χ2n) is 4.33. The Bertz CT molecular complexity index is 448. The number of thiocarbonyl (C=S) groups is 1. The summed E-state index contributed by atoms with van der Waals surface area (Å²) in [6.07, 6.45) is 0.670. The van der Waals surface area contributed by atoms with Gasteiger partial charge in [-0.1, -0.05) is 30.4 Å². The summed E-state index contributed by atoms with van der Waals surface area (Å²) in [5.74, 6) is 0.0708. The Morgan fingerprint density at radius 1 is 1.50 bits per heavy atom. The first-order valence-electron chi connectivity index (χ1n) is 5.72. The molecule has 0 aliphatic rings. The van der Waals surface area contributed by atoms with Crippen molar-refractivity contribution in [3.8, 4) is 5.75 Å². The fraction of sp³-hybridized carbons (Fsp3) is 0.385. The summed E-state index contributed by atoms with van der Waals surface area (Å²) in [6.45, 7) is 1.89. The number of rotatable bonds is 5. The Kier molecular flexibility index (Phi) is 5.09. The summed E-state index contributed by atoms with van der Waals surface area (Å²) in [6, 6.07) is 6.78. The minimum atomic E-state index is -0.0692. The number of carbonyl (C=O) groups is 1. The summed E-state index contributed by atoms with van der Waals surface area (Å²) in [5, 5.41) is 9.61. The average molecular weight is 266 g/mol. The van der Waals surface area contributed by atoms with Crippen LogP contribution in [0, 0.1) is 0 Å². The number of benzene rings is 1. The minimum Gasteiger partial charge on any atom is -0.508 e. The first-order valence-corrected chi connectivity index (χ1v) is 6.13. The van der Waals surface area contributed by atoms with Crippen LogP contribution in [0.1, 0.15) is 18.9 Å². The highest BCUT2D eigenvalue weighted by Crippen LogP contribution is 2.17. The molecule has 1 rings (SSSR count). The third-order valence-corrected chi connectivity index (χ3v) is 3.05. The van der Waals surface area contributed by atoms with Crippen LogP contribution >= 0.6 is 12.2 Å². The standard InChI is InChI=1S/C13H18N2O2S/c1-9(7-12(14)18)15(2)13(17)8-10-5-3-4-6-11(10)16/h3-6,9,16H,7-8H2,1-2H3,(H2,14,18). The molecule has 0 aliphatic heterocycles. The Hall–Kier alpha value is -1.62. The largest absolute Gasteiger partial charge is 0.508 e. The molecule has 18 heavy (non-hydrogen) atoms. The average Bonchev–Trinajstić information content (AvgIpc) is 2.30. The molecule has 1 amide bonds. The van der Waals surface area contributed by atoms with Crippen LogP contribution in [0.3, 0.4) is 0 Å².